The molecule has 0 unspecified atom stereocenters. The predicted molar refractivity (Wildman–Crippen MR) is 202 cm³/mol. The van der Waals surface area contributed by atoms with Crippen LogP contribution in [0.1, 0.15) is 0 Å². The van der Waals surface area contributed by atoms with Crippen LogP contribution >= 0.6 is 0 Å². The molecule has 10 rings (SSSR count). The molecule has 0 amide bonds. The highest BCUT2D eigenvalue weighted by Crippen LogP contribution is 2.36. The number of furan rings is 2. The van der Waals surface area contributed by atoms with Gasteiger partial charge in [0.1, 0.15) is 22.3 Å². The highest BCUT2D eigenvalue weighted by atomic mass is 16.3. The molecule has 234 valence electrons. The Morgan fingerprint density at radius 2 is 0.640 bits per heavy atom. The first kappa shape index (κ1) is 28.2. The molecular formula is C45H27N3O2. The maximum absolute atomic E-state index is 6.13. The van der Waals surface area contributed by atoms with Gasteiger partial charge in [0.15, 0.2) is 17.5 Å². The van der Waals surface area contributed by atoms with E-state index in [9.17, 15) is 0 Å². The smallest absolute Gasteiger partial charge is 0.164 e. The Morgan fingerprint density at radius 3 is 1.22 bits per heavy atom. The largest absolute Gasteiger partial charge is 0.456 e. The van der Waals surface area contributed by atoms with E-state index in [2.05, 4.69) is 103 Å². The monoisotopic (exact) mass is 641 g/mol. The minimum atomic E-state index is 0.596. The fraction of sp³-hybridized carbons (Fsp3) is 0. The van der Waals surface area contributed by atoms with Gasteiger partial charge in [-0.1, -0.05) is 109 Å². The molecule has 0 aliphatic heterocycles. The van der Waals surface area contributed by atoms with Crippen molar-refractivity contribution in [1.29, 1.82) is 0 Å². The lowest BCUT2D eigenvalue weighted by molar-refractivity contribution is 0.668. The van der Waals surface area contributed by atoms with E-state index >= 15 is 0 Å². The van der Waals surface area contributed by atoms with Crippen LogP contribution in [0.25, 0.3) is 100 Å². The summed E-state index contributed by atoms with van der Waals surface area (Å²) < 4.78 is 12.2. The van der Waals surface area contributed by atoms with Gasteiger partial charge in [-0.25, -0.2) is 15.0 Å². The van der Waals surface area contributed by atoms with Crippen LogP contribution in [-0.4, -0.2) is 15.0 Å². The molecule has 5 heteroatoms. The number of fused-ring (bicyclic) bond motifs is 6. The zero-order chi connectivity index (χ0) is 33.0. The van der Waals surface area contributed by atoms with Crippen molar-refractivity contribution in [3.63, 3.8) is 0 Å². The molecule has 0 saturated carbocycles. The first-order chi connectivity index (χ1) is 24.7. The Balaban J connectivity index is 1.13. The second-order valence-corrected chi connectivity index (χ2v) is 12.5. The van der Waals surface area contributed by atoms with Crippen LogP contribution in [0.15, 0.2) is 173 Å². The van der Waals surface area contributed by atoms with Crippen molar-refractivity contribution in [2.24, 2.45) is 0 Å². The van der Waals surface area contributed by atoms with Crippen molar-refractivity contribution in [3.05, 3.63) is 164 Å². The van der Waals surface area contributed by atoms with Crippen LogP contribution in [0.4, 0.5) is 0 Å². The third kappa shape index (κ3) is 4.83. The van der Waals surface area contributed by atoms with Gasteiger partial charge < -0.3 is 8.83 Å². The van der Waals surface area contributed by atoms with Gasteiger partial charge in [-0.3, -0.25) is 0 Å². The predicted octanol–water partition coefficient (Wildman–Crippen LogP) is 12.0. The number of para-hydroxylation sites is 2. The lowest BCUT2D eigenvalue weighted by Gasteiger charge is -2.11. The molecule has 50 heavy (non-hydrogen) atoms. The van der Waals surface area contributed by atoms with Crippen LogP contribution in [0, 0.1) is 0 Å². The molecule has 0 spiro atoms. The number of nitrogens with zero attached hydrogens (tertiary/aromatic N) is 3. The van der Waals surface area contributed by atoms with Gasteiger partial charge in [-0.15, -0.1) is 0 Å². The van der Waals surface area contributed by atoms with Crippen LogP contribution in [-0.2, 0) is 0 Å². The number of rotatable bonds is 5. The number of benzene rings is 7. The molecule has 0 atom stereocenters. The van der Waals surface area contributed by atoms with Gasteiger partial charge in [0.2, 0.25) is 0 Å². The molecular weight excluding hydrogens is 615 g/mol. The Labute approximate surface area is 287 Å². The number of hydrogen-bond acceptors (Lipinski definition) is 5. The SMILES string of the molecule is c1ccc(-c2cccc(-c3nc(-c4cccc(-c5ccc6oc7ccccc7c6c5)c4)nc(-c4ccc5oc6ccccc6c5c4)n3)c2)cc1. The minimum absolute atomic E-state index is 0.596. The normalized spacial score (nSPS) is 11.6. The van der Waals surface area contributed by atoms with Gasteiger partial charge in [-0.05, 0) is 76.9 Å². The van der Waals surface area contributed by atoms with Crippen LogP contribution in [0.3, 0.4) is 0 Å². The van der Waals surface area contributed by atoms with Gasteiger partial charge >= 0.3 is 0 Å². The van der Waals surface area contributed by atoms with E-state index < -0.39 is 0 Å². The van der Waals surface area contributed by atoms with E-state index in [0.717, 1.165) is 82.8 Å². The Morgan fingerprint density at radius 1 is 0.260 bits per heavy atom. The Hall–Kier alpha value is -6.85. The summed E-state index contributed by atoms with van der Waals surface area (Å²) in [6, 6.07) is 55.9. The van der Waals surface area contributed by atoms with Gasteiger partial charge in [0.25, 0.3) is 0 Å². The average molecular weight is 642 g/mol. The number of hydrogen-bond donors (Lipinski definition) is 0. The van der Waals surface area contributed by atoms with E-state index in [4.69, 9.17) is 23.8 Å². The van der Waals surface area contributed by atoms with E-state index in [0.29, 0.717) is 17.5 Å². The molecule has 0 N–H and O–H groups in total. The minimum Gasteiger partial charge on any atom is -0.456 e. The topological polar surface area (TPSA) is 65.0 Å². The summed E-state index contributed by atoms with van der Waals surface area (Å²) in [5.41, 5.74) is 10.5. The Kier molecular flexibility index (Phi) is 6.42. The van der Waals surface area contributed by atoms with Crippen LogP contribution < -0.4 is 0 Å². The van der Waals surface area contributed by atoms with Crippen LogP contribution in [0.2, 0.25) is 0 Å². The lowest BCUT2D eigenvalue weighted by Crippen LogP contribution is -2.00. The fourth-order valence-corrected chi connectivity index (χ4v) is 6.84. The van der Waals surface area contributed by atoms with E-state index in [-0.39, 0.29) is 0 Å². The van der Waals surface area contributed by atoms with Gasteiger partial charge in [0.05, 0.1) is 0 Å². The summed E-state index contributed by atoms with van der Waals surface area (Å²) in [6.45, 7) is 0. The van der Waals surface area contributed by atoms with Gasteiger partial charge in [0, 0.05) is 38.2 Å². The highest BCUT2D eigenvalue weighted by molar-refractivity contribution is 6.07. The van der Waals surface area contributed by atoms with Crippen molar-refractivity contribution >= 4 is 43.9 Å². The summed E-state index contributed by atoms with van der Waals surface area (Å²) in [7, 11) is 0. The molecule has 0 saturated heterocycles. The maximum Gasteiger partial charge on any atom is 0.164 e. The van der Waals surface area contributed by atoms with Crippen LogP contribution in [0.5, 0.6) is 0 Å². The average Bonchev–Trinajstić information content (AvgIpc) is 3.76. The third-order valence-electron chi connectivity index (χ3n) is 9.33. The second kappa shape index (κ2) is 11.4. The molecule has 0 aliphatic rings. The van der Waals surface area contributed by atoms with Crippen molar-refractivity contribution < 1.29 is 8.83 Å². The second-order valence-electron chi connectivity index (χ2n) is 12.5. The molecule has 7 aromatic carbocycles. The lowest BCUT2D eigenvalue weighted by atomic mass is 10.0. The Bertz CT molecular complexity index is 2890. The summed E-state index contributed by atoms with van der Waals surface area (Å²) in [4.78, 5) is 15.3. The first-order valence-corrected chi connectivity index (χ1v) is 16.6. The van der Waals surface area contributed by atoms with E-state index in [1.54, 1.807) is 0 Å². The van der Waals surface area contributed by atoms with Crippen molar-refractivity contribution in [1.82, 2.24) is 15.0 Å². The molecule has 0 radical (unpaired) electrons. The molecule has 10 aromatic rings. The third-order valence-corrected chi connectivity index (χ3v) is 9.33. The maximum atomic E-state index is 6.13. The molecule has 5 nitrogen and oxygen atoms in total. The summed E-state index contributed by atoms with van der Waals surface area (Å²) in [6.07, 6.45) is 0. The molecule has 0 fully saturated rings. The molecule has 3 aromatic heterocycles. The standard InChI is InChI=1S/C45H27N3O2/c1-2-10-28(11-3-1)29-12-8-14-32(24-29)43-46-44(48-45(47-43)34-21-23-42-38(27-34)36-17-5-7-19-40(36)50-42)33-15-9-13-30(25-33)31-20-22-41-37(26-31)35-16-4-6-18-39(35)49-41/h1-27H. The summed E-state index contributed by atoms with van der Waals surface area (Å²) >= 11 is 0. The van der Waals surface area contributed by atoms with E-state index in [1.807, 2.05) is 60.7 Å². The van der Waals surface area contributed by atoms with Crippen molar-refractivity contribution in [2.45, 2.75) is 0 Å². The molecule has 0 bridgehead atoms. The van der Waals surface area contributed by atoms with E-state index in [1.165, 1.54) is 0 Å². The first-order valence-electron chi connectivity index (χ1n) is 16.6. The molecule has 3 heterocycles. The summed E-state index contributed by atoms with van der Waals surface area (Å²) in [5.74, 6) is 1.81. The van der Waals surface area contributed by atoms with Crippen molar-refractivity contribution in [2.75, 3.05) is 0 Å². The molecule has 0 aliphatic carbocycles. The van der Waals surface area contributed by atoms with Gasteiger partial charge in [-0.2, -0.15) is 0 Å². The zero-order valence-corrected chi connectivity index (χ0v) is 26.7. The quantitative estimate of drug-likeness (QED) is 0.187. The number of aromatic nitrogens is 3. The summed E-state index contributed by atoms with van der Waals surface area (Å²) in [5, 5.41) is 4.28. The van der Waals surface area contributed by atoms with Crippen molar-refractivity contribution in [3.8, 4) is 56.4 Å². The highest BCUT2D eigenvalue weighted by Gasteiger charge is 2.16. The fourth-order valence-electron chi connectivity index (χ4n) is 6.84. The zero-order valence-electron chi connectivity index (χ0n) is 26.7.